The number of hydrogen-bond donors (Lipinski definition) is 2. The minimum Gasteiger partial charge on any atom is -0.325 e. The fourth-order valence-corrected chi connectivity index (χ4v) is 3.70. The maximum absolute atomic E-state index is 12.4. The molecule has 26 heavy (non-hydrogen) atoms. The van der Waals surface area contributed by atoms with Crippen molar-refractivity contribution < 1.29 is 4.79 Å². The van der Waals surface area contributed by atoms with Crippen molar-refractivity contribution in [3.8, 4) is 0 Å². The smallest absolute Gasteiger partial charge is 0.256 e. The van der Waals surface area contributed by atoms with Gasteiger partial charge in [-0.15, -0.1) is 0 Å². The van der Waals surface area contributed by atoms with Gasteiger partial charge in [0.15, 0.2) is 5.16 Å². The first-order valence-corrected chi connectivity index (χ1v) is 9.94. The number of H-pyrrole nitrogens is 1. The number of thioether (sulfide) groups is 1. The number of hydrogen-bond acceptors (Lipinski definition) is 5. The molecule has 0 spiro atoms. The van der Waals surface area contributed by atoms with Crippen LogP contribution in [0.1, 0.15) is 24.6 Å². The fraction of sp³-hybridized carbons (Fsp3) is 0.389. The molecule has 1 aromatic carbocycles. The van der Waals surface area contributed by atoms with E-state index in [-0.39, 0.29) is 17.2 Å². The van der Waals surface area contributed by atoms with Crippen molar-refractivity contribution >= 4 is 35.0 Å². The summed E-state index contributed by atoms with van der Waals surface area (Å²) in [5.74, 6) is 0.0126. The number of fused-ring (bicyclic) bond motifs is 1. The van der Waals surface area contributed by atoms with Gasteiger partial charge in [-0.3, -0.25) is 14.5 Å². The predicted molar refractivity (Wildman–Crippen MR) is 105 cm³/mol. The zero-order valence-corrected chi connectivity index (χ0v) is 16.1. The summed E-state index contributed by atoms with van der Waals surface area (Å²) >= 11 is 7.06. The fourth-order valence-electron chi connectivity index (χ4n) is 2.90. The normalized spacial score (nSPS) is 14.1. The van der Waals surface area contributed by atoms with Crippen molar-refractivity contribution in [2.45, 2.75) is 31.5 Å². The first-order valence-electron chi connectivity index (χ1n) is 8.58. The van der Waals surface area contributed by atoms with E-state index in [0.29, 0.717) is 22.4 Å². The number of carbonyl (C=O) groups excluding carboxylic acids is 1. The van der Waals surface area contributed by atoms with E-state index < -0.39 is 0 Å². The first-order chi connectivity index (χ1) is 12.5. The Balaban J connectivity index is 1.60. The largest absolute Gasteiger partial charge is 0.325 e. The highest BCUT2D eigenvalue weighted by atomic mass is 35.5. The lowest BCUT2D eigenvalue weighted by Gasteiger charge is -2.27. The highest BCUT2D eigenvalue weighted by Gasteiger charge is 2.20. The highest BCUT2D eigenvalue weighted by Crippen LogP contribution is 2.19. The van der Waals surface area contributed by atoms with E-state index in [2.05, 4.69) is 27.1 Å². The van der Waals surface area contributed by atoms with E-state index in [4.69, 9.17) is 11.6 Å². The molecule has 0 aliphatic carbocycles. The number of anilines is 1. The lowest BCUT2D eigenvalue weighted by Crippen LogP contribution is -2.36. The van der Waals surface area contributed by atoms with E-state index in [1.165, 1.54) is 11.8 Å². The summed E-state index contributed by atoms with van der Waals surface area (Å²) in [6.07, 6.45) is 1.83. The molecular weight excluding hydrogens is 372 g/mol. The zero-order valence-electron chi connectivity index (χ0n) is 14.5. The second-order valence-electron chi connectivity index (χ2n) is 6.17. The van der Waals surface area contributed by atoms with Crippen LogP contribution in [0, 0.1) is 0 Å². The monoisotopic (exact) mass is 392 g/mol. The van der Waals surface area contributed by atoms with Crippen LogP contribution < -0.4 is 10.9 Å². The van der Waals surface area contributed by atoms with E-state index in [0.717, 1.165) is 37.2 Å². The quantitative estimate of drug-likeness (QED) is 0.583. The molecule has 1 aliphatic heterocycles. The summed E-state index contributed by atoms with van der Waals surface area (Å²) in [5.41, 5.74) is 2.18. The molecule has 0 unspecified atom stereocenters. The Hall–Kier alpha value is -1.83. The number of amides is 1. The van der Waals surface area contributed by atoms with Gasteiger partial charge in [-0.2, -0.15) is 0 Å². The van der Waals surface area contributed by atoms with Gasteiger partial charge in [0.2, 0.25) is 5.91 Å². The van der Waals surface area contributed by atoms with E-state index >= 15 is 0 Å². The molecule has 6 nitrogen and oxygen atoms in total. The van der Waals surface area contributed by atoms with Crippen molar-refractivity contribution in [3.05, 3.63) is 50.9 Å². The van der Waals surface area contributed by atoms with E-state index in [1.807, 2.05) is 0 Å². The van der Waals surface area contributed by atoms with Crippen molar-refractivity contribution in [1.82, 2.24) is 14.9 Å². The number of rotatable bonds is 6. The van der Waals surface area contributed by atoms with Gasteiger partial charge < -0.3 is 10.3 Å². The molecule has 0 radical (unpaired) electrons. The van der Waals surface area contributed by atoms with Gasteiger partial charge in [0.25, 0.3) is 5.56 Å². The van der Waals surface area contributed by atoms with Gasteiger partial charge in [-0.25, -0.2) is 4.98 Å². The predicted octanol–water partition coefficient (Wildman–Crippen LogP) is 2.92. The molecule has 2 heterocycles. The Morgan fingerprint density at radius 3 is 2.88 bits per heavy atom. The Bertz CT molecular complexity index is 838. The molecule has 1 aliphatic rings. The van der Waals surface area contributed by atoms with Gasteiger partial charge in [-0.1, -0.05) is 30.3 Å². The maximum atomic E-state index is 12.4. The number of nitrogens with zero attached hydrogens (tertiary/aromatic N) is 2. The van der Waals surface area contributed by atoms with E-state index in [9.17, 15) is 9.59 Å². The summed E-state index contributed by atoms with van der Waals surface area (Å²) in [6.45, 7) is 4.68. The lowest BCUT2D eigenvalue weighted by molar-refractivity contribution is -0.113. The van der Waals surface area contributed by atoms with Gasteiger partial charge in [0.05, 0.1) is 17.0 Å². The van der Waals surface area contributed by atoms with Crippen molar-refractivity contribution in [3.63, 3.8) is 0 Å². The first kappa shape index (κ1) is 18.9. The number of benzene rings is 1. The molecule has 1 aromatic heterocycles. The molecule has 138 valence electrons. The molecule has 1 amide bonds. The highest BCUT2D eigenvalue weighted by molar-refractivity contribution is 7.99. The van der Waals surface area contributed by atoms with Gasteiger partial charge in [0.1, 0.15) is 0 Å². The van der Waals surface area contributed by atoms with Crippen LogP contribution in [0.15, 0.2) is 34.2 Å². The molecule has 8 heteroatoms. The summed E-state index contributed by atoms with van der Waals surface area (Å²) in [7, 11) is 0. The van der Waals surface area contributed by atoms with E-state index in [1.54, 1.807) is 24.3 Å². The number of halogens is 1. The molecule has 0 saturated heterocycles. The molecular formula is C18H21ClN4O2S. The topological polar surface area (TPSA) is 78.1 Å². The van der Waals surface area contributed by atoms with Crippen molar-refractivity contribution in [1.29, 1.82) is 0 Å². The second kappa shape index (κ2) is 8.70. The standard InChI is InChI=1S/C18H21ClN4O2S/c1-2-8-23-9-7-15-14(10-23)17(25)22-18(21-15)26-11-16(24)20-13-5-3-12(19)4-6-13/h3-6H,2,7-11H2,1H3,(H,20,24)(H,21,22,25). The van der Waals surface area contributed by atoms with Crippen LogP contribution >= 0.6 is 23.4 Å². The summed E-state index contributed by atoms with van der Waals surface area (Å²) < 4.78 is 0. The second-order valence-corrected chi connectivity index (χ2v) is 7.57. The van der Waals surface area contributed by atoms with Crippen LogP contribution in [0.2, 0.25) is 5.02 Å². The number of aromatic amines is 1. The van der Waals surface area contributed by atoms with Gasteiger partial charge in [-0.05, 0) is 37.2 Å². The molecule has 2 N–H and O–H groups in total. The van der Waals surface area contributed by atoms with Crippen LogP contribution in [-0.4, -0.2) is 39.6 Å². The number of aromatic nitrogens is 2. The molecule has 2 aromatic rings. The third-order valence-electron chi connectivity index (χ3n) is 4.13. The van der Waals surface area contributed by atoms with Crippen LogP contribution in [-0.2, 0) is 17.8 Å². The van der Waals surface area contributed by atoms with Crippen molar-refractivity contribution in [2.75, 3.05) is 24.2 Å². The average molecular weight is 393 g/mol. The minimum atomic E-state index is -0.160. The Kier molecular flexibility index (Phi) is 6.34. The number of nitrogens with one attached hydrogen (secondary N) is 2. The number of carbonyl (C=O) groups is 1. The van der Waals surface area contributed by atoms with Gasteiger partial charge in [0, 0.05) is 30.2 Å². The van der Waals surface area contributed by atoms with Crippen LogP contribution in [0.25, 0.3) is 0 Å². The molecule has 0 fully saturated rings. The van der Waals surface area contributed by atoms with Crippen LogP contribution in [0.5, 0.6) is 0 Å². The molecule has 0 atom stereocenters. The zero-order chi connectivity index (χ0) is 18.5. The average Bonchev–Trinajstić information content (AvgIpc) is 2.63. The van der Waals surface area contributed by atoms with Crippen LogP contribution in [0.3, 0.4) is 0 Å². The molecule has 3 rings (SSSR count). The lowest BCUT2D eigenvalue weighted by atomic mass is 10.1. The summed E-state index contributed by atoms with van der Waals surface area (Å²) in [4.78, 5) is 34.0. The minimum absolute atomic E-state index is 0.101. The third-order valence-corrected chi connectivity index (χ3v) is 5.26. The Morgan fingerprint density at radius 1 is 1.38 bits per heavy atom. The summed E-state index contributed by atoms with van der Waals surface area (Å²) in [6, 6.07) is 6.92. The van der Waals surface area contributed by atoms with Crippen molar-refractivity contribution in [2.24, 2.45) is 0 Å². The Morgan fingerprint density at radius 2 is 2.15 bits per heavy atom. The Labute approximate surface area is 161 Å². The molecule has 0 saturated carbocycles. The molecule has 0 bridgehead atoms. The third kappa shape index (κ3) is 4.87. The van der Waals surface area contributed by atoms with Crippen LogP contribution in [0.4, 0.5) is 5.69 Å². The summed E-state index contributed by atoms with van der Waals surface area (Å²) in [5, 5.41) is 3.90. The van der Waals surface area contributed by atoms with Gasteiger partial charge >= 0.3 is 0 Å². The maximum Gasteiger partial charge on any atom is 0.256 e. The SMILES string of the molecule is CCCN1CCc2nc(SCC(=O)Nc3ccc(Cl)cc3)[nH]c(=O)c2C1.